The third kappa shape index (κ3) is 6.92. The van der Waals surface area contributed by atoms with E-state index in [0.29, 0.717) is 29.3 Å². The number of carboxylic acid groups (broad SMARTS) is 1. The molecule has 2 N–H and O–H groups in total. The summed E-state index contributed by atoms with van der Waals surface area (Å²) >= 11 is 6.18. The van der Waals surface area contributed by atoms with Gasteiger partial charge in [0, 0.05) is 22.2 Å². The van der Waals surface area contributed by atoms with E-state index in [0.717, 1.165) is 29.4 Å². The van der Waals surface area contributed by atoms with Crippen LogP contribution >= 0.6 is 11.6 Å². The fourth-order valence-electron chi connectivity index (χ4n) is 2.87. The topological polar surface area (TPSA) is 75.6 Å². The quantitative estimate of drug-likeness (QED) is 0.385. The zero-order valence-corrected chi connectivity index (χ0v) is 18.5. The molecule has 2 aromatic rings. The summed E-state index contributed by atoms with van der Waals surface area (Å²) in [6.45, 7) is 8.37. The lowest BCUT2D eigenvalue weighted by molar-refractivity contribution is -0.131. The number of carboxylic acids is 1. The van der Waals surface area contributed by atoms with Gasteiger partial charge in [-0.3, -0.25) is 4.79 Å². The van der Waals surface area contributed by atoms with Crippen molar-refractivity contribution in [3.8, 4) is 5.75 Å². The van der Waals surface area contributed by atoms with Crippen LogP contribution in [0.3, 0.4) is 0 Å². The first-order valence-corrected chi connectivity index (χ1v) is 10.2. The lowest BCUT2D eigenvalue weighted by Gasteiger charge is -2.24. The van der Waals surface area contributed by atoms with Crippen LogP contribution in [0.4, 0.5) is 5.69 Å². The lowest BCUT2D eigenvalue weighted by Crippen LogP contribution is -2.31. The third-order valence-electron chi connectivity index (χ3n) is 4.83. The molecule has 0 fully saturated rings. The molecule has 0 atom stereocenters. The number of ether oxygens (including phenoxy) is 1. The average molecular weight is 430 g/mol. The molecule has 30 heavy (non-hydrogen) atoms. The van der Waals surface area contributed by atoms with Crippen LogP contribution in [0, 0.1) is 19.3 Å². The van der Waals surface area contributed by atoms with Crippen molar-refractivity contribution in [1.82, 2.24) is 0 Å². The highest BCUT2D eigenvalue weighted by Gasteiger charge is 2.27. The Bertz CT molecular complexity index is 950. The predicted octanol–water partition coefficient (Wildman–Crippen LogP) is 5.88. The zero-order valence-electron chi connectivity index (χ0n) is 17.8. The van der Waals surface area contributed by atoms with Gasteiger partial charge in [0.25, 0.3) is 0 Å². The summed E-state index contributed by atoms with van der Waals surface area (Å²) in [5, 5.41) is 12.0. The second kappa shape index (κ2) is 10.3. The van der Waals surface area contributed by atoms with E-state index in [1.807, 2.05) is 39.8 Å². The van der Waals surface area contributed by atoms with Gasteiger partial charge in [0.1, 0.15) is 5.75 Å². The smallest absolute Gasteiger partial charge is 0.328 e. The van der Waals surface area contributed by atoms with Crippen molar-refractivity contribution < 1.29 is 19.4 Å². The van der Waals surface area contributed by atoms with Crippen LogP contribution in [-0.2, 0) is 9.59 Å². The number of halogens is 1. The Morgan fingerprint density at radius 1 is 1.17 bits per heavy atom. The minimum atomic E-state index is -1.05. The number of aliphatic carboxylic acids is 1. The van der Waals surface area contributed by atoms with E-state index >= 15 is 0 Å². The summed E-state index contributed by atoms with van der Waals surface area (Å²) in [5.74, 6) is -0.283. The molecule has 0 aromatic heterocycles. The van der Waals surface area contributed by atoms with Gasteiger partial charge < -0.3 is 15.2 Å². The minimum Gasteiger partial charge on any atom is -0.493 e. The number of aryl methyl sites for hydroxylation is 2. The van der Waals surface area contributed by atoms with Crippen molar-refractivity contribution >= 4 is 35.2 Å². The van der Waals surface area contributed by atoms with E-state index in [1.54, 1.807) is 18.2 Å². The number of carbonyl (C=O) groups is 2. The van der Waals surface area contributed by atoms with Gasteiger partial charge in [0.2, 0.25) is 5.91 Å². The van der Waals surface area contributed by atoms with Crippen LogP contribution in [0.25, 0.3) is 6.08 Å². The van der Waals surface area contributed by atoms with Gasteiger partial charge >= 0.3 is 5.97 Å². The van der Waals surface area contributed by atoms with Crippen LogP contribution < -0.4 is 10.1 Å². The molecule has 1 amide bonds. The molecule has 0 spiro atoms. The Morgan fingerprint density at radius 3 is 2.57 bits per heavy atom. The van der Waals surface area contributed by atoms with Gasteiger partial charge in [-0.1, -0.05) is 43.6 Å². The van der Waals surface area contributed by atoms with E-state index in [1.165, 1.54) is 6.08 Å². The van der Waals surface area contributed by atoms with Crippen molar-refractivity contribution in [3.63, 3.8) is 0 Å². The average Bonchev–Trinajstić information content (AvgIpc) is 2.67. The first-order valence-electron chi connectivity index (χ1n) is 9.80. The summed E-state index contributed by atoms with van der Waals surface area (Å²) in [4.78, 5) is 23.4. The van der Waals surface area contributed by atoms with Gasteiger partial charge in [-0.15, -0.1) is 0 Å². The van der Waals surface area contributed by atoms with E-state index in [-0.39, 0.29) is 5.91 Å². The highest BCUT2D eigenvalue weighted by molar-refractivity contribution is 6.32. The number of amides is 1. The number of hydrogen-bond acceptors (Lipinski definition) is 3. The van der Waals surface area contributed by atoms with Crippen LogP contribution in [0.15, 0.2) is 42.5 Å². The van der Waals surface area contributed by atoms with Gasteiger partial charge in [-0.25, -0.2) is 4.79 Å². The molecular formula is C24H28ClNO4. The molecule has 0 radical (unpaired) electrons. The summed E-state index contributed by atoms with van der Waals surface area (Å²) in [6, 6.07) is 11.1. The molecule has 0 aliphatic heterocycles. The number of hydrogen-bond donors (Lipinski definition) is 2. The number of nitrogens with one attached hydrogen (secondary N) is 1. The molecule has 0 saturated carbocycles. The Morgan fingerprint density at radius 2 is 1.90 bits per heavy atom. The minimum absolute atomic E-state index is 0.112. The Kier molecular flexibility index (Phi) is 8.07. The molecule has 5 nitrogen and oxygen atoms in total. The van der Waals surface area contributed by atoms with E-state index in [9.17, 15) is 9.59 Å². The van der Waals surface area contributed by atoms with Crippen LogP contribution in [0.1, 0.15) is 43.4 Å². The van der Waals surface area contributed by atoms with Crippen molar-refractivity contribution in [2.45, 2.75) is 40.5 Å². The SMILES string of the molecule is Cc1ccc(C)c(OCCCC(C)(C)C(=O)Nc2ccc(/C=C/C(=O)O)c(Cl)c2)c1. The number of rotatable bonds is 9. The molecule has 0 unspecified atom stereocenters. The molecule has 0 heterocycles. The van der Waals surface area contributed by atoms with Gasteiger partial charge in [0.05, 0.1) is 6.61 Å². The normalized spacial score (nSPS) is 11.5. The highest BCUT2D eigenvalue weighted by Crippen LogP contribution is 2.28. The highest BCUT2D eigenvalue weighted by atomic mass is 35.5. The third-order valence-corrected chi connectivity index (χ3v) is 5.15. The van der Waals surface area contributed by atoms with Gasteiger partial charge in [-0.05, 0) is 67.7 Å². The van der Waals surface area contributed by atoms with Crippen LogP contribution in [0.5, 0.6) is 5.75 Å². The van der Waals surface area contributed by atoms with Crippen molar-refractivity contribution in [1.29, 1.82) is 0 Å². The first kappa shape index (κ1) is 23.5. The molecule has 0 aliphatic carbocycles. The molecule has 160 valence electrons. The maximum atomic E-state index is 12.7. The van der Waals surface area contributed by atoms with Crippen molar-refractivity contribution in [2.24, 2.45) is 5.41 Å². The summed E-state index contributed by atoms with van der Waals surface area (Å²) < 4.78 is 5.88. The van der Waals surface area contributed by atoms with Crippen LogP contribution in [-0.4, -0.2) is 23.6 Å². The number of carbonyl (C=O) groups excluding carboxylic acids is 1. The van der Waals surface area contributed by atoms with Crippen molar-refractivity contribution in [3.05, 3.63) is 64.2 Å². The monoisotopic (exact) mass is 429 g/mol. The molecule has 0 saturated heterocycles. The maximum Gasteiger partial charge on any atom is 0.328 e. The standard InChI is InChI=1S/C24H28ClNO4/c1-16-6-7-17(2)21(14-16)30-13-5-12-24(3,4)23(29)26-19-10-8-18(20(25)15-19)9-11-22(27)28/h6-11,14-15H,5,12-13H2,1-4H3,(H,26,29)(H,27,28)/b11-9+. The zero-order chi connectivity index (χ0) is 22.3. The van der Waals surface area contributed by atoms with Gasteiger partial charge in [0.15, 0.2) is 0 Å². The second-order valence-electron chi connectivity index (χ2n) is 7.97. The van der Waals surface area contributed by atoms with E-state index in [4.69, 9.17) is 21.4 Å². The summed E-state index contributed by atoms with van der Waals surface area (Å²) in [5.41, 5.74) is 2.80. The number of anilines is 1. The van der Waals surface area contributed by atoms with E-state index in [2.05, 4.69) is 11.4 Å². The largest absolute Gasteiger partial charge is 0.493 e. The molecule has 2 rings (SSSR count). The van der Waals surface area contributed by atoms with E-state index < -0.39 is 11.4 Å². The summed E-state index contributed by atoms with van der Waals surface area (Å²) in [7, 11) is 0. The predicted molar refractivity (Wildman–Crippen MR) is 121 cm³/mol. The fraction of sp³-hybridized carbons (Fsp3) is 0.333. The first-order chi connectivity index (χ1) is 14.1. The molecular weight excluding hydrogens is 402 g/mol. The number of benzene rings is 2. The Hall–Kier alpha value is -2.79. The molecule has 6 heteroatoms. The lowest BCUT2D eigenvalue weighted by atomic mass is 9.87. The van der Waals surface area contributed by atoms with Crippen LogP contribution in [0.2, 0.25) is 5.02 Å². The Labute approximate surface area is 182 Å². The Balaban J connectivity index is 1.90. The second-order valence-corrected chi connectivity index (χ2v) is 8.37. The fourth-order valence-corrected chi connectivity index (χ4v) is 3.12. The summed E-state index contributed by atoms with van der Waals surface area (Å²) in [6.07, 6.45) is 3.84. The maximum absolute atomic E-state index is 12.7. The molecule has 2 aromatic carbocycles. The molecule has 0 aliphatic rings. The molecule has 0 bridgehead atoms. The van der Waals surface area contributed by atoms with Crippen molar-refractivity contribution in [2.75, 3.05) is 11.9 Å². The van der Waals surface area contributed by atoms with Gasteiger partial charge in [-0.2, -0.15) is 0 Å².